The van der Waals surface area contributed by atoms with Crippen LogP contribution in [0, 0.1) is 0 Å². The van der Waals surface area contributed by atoms with E-state index in [9.17, 15) is 4.79 Å². The minimum atomic E-state index is 0.144. The summed E-state index contributed by atoms with van der Waals surface area (Å²) in [5.41, 5.74) is 1.79. The van der Waals surface area contributed by atoms with Crippen molar-refractivity contribution in [2.45, 2.75) is 0 Å². The van der Waals surface area contributed by atoms with Crippen molar-refractivity contribution in [2.24, 2.45) is 0 Å². The van der Waals surface area contributed by atoms with Gasteiger partial charge in [0.25, 0.3) is 0 Å². The summed E-state index contributed by atoms with van der Waals surface area (Å²) in [6.45, 7) is 0. The molecular weight excluding hydrogens is 247 g/mol. The minimum Gasteiger partial charge on any atom is -0.298 e. The van der Waals surface area contributed by atoms with Gasteiger partial charge in [-0.15, -0.1) is 0 Å². The number of aromatic nitrogens is 2. The Morgan fingerprint density at radius 2 is 2.00 bits per heavy atom. The van der Waals surface area contributed by atoms with E-state index in [1.54, 1.807) is 24.3 Å². The molecule has 2 rings (SSSR count). The molecule has 1 heterocycles. The lowest BCUT2D eigenvalue weighted by Gasteiger charge is -2.04. The molecule has 0 atom stereocenters. The molecule has 0 aliphatic carbocycles. The number of rotatable bonds is 2. The smallest absolute Gasteiger partial charge is 0.222 e. The van der Waals surface area contributed by atoms with Gasteiger partial charge in [-0.05, 0) is 29.8 Å². The van der Waals surface area contributed by atoms with E-state index >= 15 is 0 Å². The Labute approximate surface area is 102 Å². The first-order chi connectivity index (χ1) is 7.70. The fourth-order valence-electron chi connectivity index (χ4n) is 1.30. The van der Waals surface area contributed by atoms with E-state index in [0.29, 0.717) is 21.8 Å². The van der Waals surface area contributed by atoms with Gasteiger partial charge in [0, 0.05) is 17.3 Å². The molecule has 0 aliphatic heterocycles. The molecule has 0 saturated carbocycles. The van der Waals surface area contributed by atoms with Crippen molar-refractivity contribution in [3.8, 4) is 11.3 Å². The highest BCUT2D eigenvalue weighted by Gasteiger charge is 2.06. The Balaban J connectivity index is 2.58. The van der Waals surface area contributed by atoms with Gasteiger partial charge in [-0.25, -0.2) is 9.97 Å². The fraction of sp³-hybridized carbons (Fsp3) is 0. The summed E-state index contributed by atoms with van der Waals surface area (Å²) < 4.78 is 0. The van der Waals surface area contributed by atoms with Crippen molar-refractivity contribution in [1.82, 2.24) is 9.97 Å². The van der Waals surface area contributed by atoms with E-state index < -0.39 is 0 Å². The summed E-state index contributed by atoms with van der Waals surface area (Å²) in [5.74, 6) is 0. The first-order valence-corrected chi connectivity index (χ1v) is 5.20. The van der Waals surface area contributed by atoms with Crippen LogP contribution in [0.4, 0.5) is 0 Å². The molecule has 0 radical (unpaired) electrons. The number of carbonyl (C=O) groups excluding carboxylic acids is 1. The first-order valence-electron chi connectivity index (χ1n) is 4.44. The summed E-state index contributed by atoms with van der Waals surface area (Å²) in [4.78, 5) is 18.5. The Morgan fingerprint density at radius 3 is 2.69 bits per heavy atom. The predicted octanol–water partition coefficient (Wildman–Crippen LogP) is 3.26. The third kappa shape index (κ3) is 2.21. The lowest BCUT2D eigenvalue weighted by molar-refractivity contribution is 0.112. The highest BCUT2D eigenvalue weighted by molar-refractivity contribution is 6.33. The molecule has 16 heavy (non-hydrogen) atoms. The van der Waals surface area contributed by atoms with Crippen LogP contribution < -0.4 is 0 Å². The van der Waals surface area contributed by atoms with Gasteiger partial charge in [-0.1, -0.05) is 17.7 Å². The summed E-state index contributed by atoms with van der Waals surface area (Å²) in [7, 11) is 0. The van der Waals surface area contributed by atoms with Crippen molar-refractivity contribution in [1.29, 1.82) is 0 Å². The molecule has 0 saturated heterocycles. The summed E-state index contributed by atoms with van der Waals surface area (Å²) >= 11 is 11.7. The number of aldehydes is 1. The summed E-state index contributed by atoms with van der Waals surface area (Å²) in [6, 6.07) is 6.63. The predicted molar refractivity (Wildman–Crippen MR) is 62.9 cm³/mol. The maximum Gasteiger partial charge on any atom is 0.222 e. The van der Waals surface area contributed by atoms with Crippen molar-refractivity contribution < 1.29 is 4.79 Å². The number of halogens is 2. The van der Waals surface area contributed by atoms with Crippen LogP contribution in [0.3, 0.4) is 0 Å². The average molecular weight is 253 g/mol. The molecule has 1 aromatic carbocycles. The topological polar surface area (TPSA) is 42.9 Å². The first kappa shape index (κ1) is 11.0. The number of carbonyl (C=O) groups is 1. The normalized spacial score (nSPS) is 10.1. The molecule has 5 heteroatoms. The Bertz CT molecular complexity index is 543. The average Bonchev–Trinajstić information content (AvgIpc) is 2.30. The van der Waals surface area contributed by atoms with Crippen LogP contribution in [-0.4, -0.2) is 16.3 Å². The lowest BCUT2D eigenvalue weighted by atomic mass is 10.1. The quantitative estimate of drug-likeness (QED) is 0.609. The molecule has 80 valence electrons. The molecule has 0 fully saturated rings. The van der Waals surface area contributed by atoms with Crippen molar-refractivity contribution in [3.05, 3.63) is 46.3 Å². The van der Waals surface area contributed by atoms with Crippen LogP contribution in [0.2, 0.25) is 10.3 Å². The Morgan fingerprint density at radius 1 is 1.19 bits per heavy atom. The van der Waals surface area contributed by atoms with E-state index in [1.807, 2.05) is 0 Å². The van der Waals surface area contributed by atoms with Gasteiger partial charge in [0.1, 0.15) is 6.29 Å². The third-order valence-electron chi connectivity index (χ3n) is 2.03. The third-order valence-corrected chi connectivity index (χ3v) is 2.54. The second-order valence-corrected chi connectivity index (χ2v) is 3.81. The lowest BCUT2D eigenvalue weighted by Crippen LogP contribution is -1.89. The van der Waals surface area contributed by atoms with Crippen molar-refractivity contribution >= 4 is 29.5 Å². The number of nitrogens with zero attached hydrogens (tertiary/aromatic N) is 2. The van der Waals surface area contributed by atoms with Crippen LogP contribution in [0.1, 0.15) is 10.4 Å². The van der Waals surface area contributed by atoms with E-state index in [2.05, 4.69) is 9.97 Å². The molecule has 0 aliphatic rings. The van der Waals surface area contributed by atoms with Gasteiger partial charge >= 0.3 is 0 Å². The summed E-state index contributed by atoms with van der Waals surface area (Å²) in [5, 5.41) is 0.658. The van der Waals surface area contributed by atoms with Crippen LogP contribution >= 0.6 is 23.2 Å². The van der Waals surface area contributed by atoms with E-state index in [1.165, 1.54) is 6.20 Å². The van der Waals surface area contributed by atoms with E-state index in [0.717, 1.165) is 6.29 Å². The van der Waals surface area contributed by atoms with Gasteiger partial charge in [-0.3, -0.25) is 4.79 Å². The largest absolute Gasteiger partial charge is 0.298 e. The second kappa shape index (κ2) is 4.60. The molecule has 0 N–H and O–H groups in total. The maximum atomic E-state index is 10.7. The van der Waals surface area contributed by atoms with Gasteiger partial charge in [0.05, 0.1) is 10.7 Å². The molecule has 0 amide bonds. The van der Waals surface area contributed by atoms with Crippen molar-refractivity contribution in [3.63, 3.8) is 0 Å². The zero-order chi connectivity index (χ0) is 11.5. The highest BCUT2D eigenvalue weighted by Crippen LogP contribution is 2.27. The second-order valence-electron chi connectivity index (χ2n) is 3.07. The SMILES string of the molecule is O=Cc1ccc(Cl)c(-c2ccnc(Cl)n2)c1. The van der Waals surface area contributed by atoms with E-state index in [4.69, 9.17) is 23.2 Å². The Kier molecular flexibility index (Phi) is 3.17. The monoisotopic (exact) mass is 252 g/mol. The highest BCUT2D eigenvalue weighted by atomic mass is 35.5. The van der Waals surface area contributed by atoms with Gasteiger partial charge in [-0.2, -0.15) is 0 Å². The van der Waals surface area contributed by atoms with Crippen LogP contribution in [-0.2, 0) is 0 Å². The number of hydrogen-bond donors (Lipinski definition) is 0. The summed E-state index contributed by atoms with van der Waals surface area (Å²) in [6.07, 6.45) is 2.29. The van der Waals surface area contributed by atoms with Crippen LogP contribution in [0.15, 0.2) is 30.5 Å². The molecule has 3 nitrogen and oxygen atoms in total. The maximum absolute atomic E-state index is 10.7. The van der Waals surface area contributed by atoms with Gasteiger partial charge in [0.2, 0.25) is 5.28 Å². The van der Waals surface area contributed by atoms with Gasteiger partial charge in [0.15, 0.2) is 0 Å². The Hall–Kier alpha value is -1.45. The molecular formula is C11H6Cl2N2O. The van der Waals surface area contributed by atoms with Gasteiger partial charge < -0.3 is 0 Å². The zero-order valence-electron chi connectivity index (χ0n) is 8.02. The molecule has 0 unspecified atom stereocenters. The zero-order valence-corrected chi connectivity index (χ0v) is 9.53. The number of benzene rings is 1. The fourth-order valence-corrected chi connectivity index (χ4v) is 1.66. The number of hydrogen-bond acceptors (Lipinski definition) is 3. The minimum absolute atomic E-state index is 0.144. The standard InChI is InChI=1S/C11H6Cl2N2O/c12-9-2-1-7(6-16)5-8(9)10-3-4-14-11(13)15-10/h1-6H. The van der Waals surface area contributed by atoms with Crippen molar-refractivity contribution in [2.75, 3.05) is 0 Å². The molecule has 0 bridgehead atoms. The van der Waals surface area contributed by atoms with Crippen LogP contribution in [0.25, 0.3) is 11.3 Å². The van der Waals surface area contributed by atoms with E-state index in [-0.39, 0.29) is 5.28 Å². The molecule has 1 aromatic heterocycles. The van der Waals surface area contributed by atoms with Crippen LogP contribution in [0.5, 0.6) is 0 Å². The molecule has 2 aromatic rings. The molecule has 0 spiro atoms.